The van der Waals surface area contributed by atoms with E-state index < -0.39 is 0 Å². The van der Waals surface area contributed by atoms with Gasteiger partial charge in [-0.05, 0) is 0 Å². The van der Waals surface area contributed by atoms with Gasteiger partial charge in [0.05, 0.1) is 26.4 Å². The summed E-state index contributed by atoms with van der Waals surface area (Å²) in [6.07, 6.45) is 0.00644. The first-order chi connectivity index (χ1) is 7.45. The zero-order valence-electron chi connectivity index (χ0n) is 8.55. The van der Waals surface area contributed by atoms with E-state index >= 15 is 0 Å². The van der Waals surface area contributed by atoms with Crippen LogP contribution in [0, 0.1) is 0 Å². The first-order valence-corrected chi connectivity index (χ1v) is 4.99. The molecule has 0 saturated carbocycles. The molecule has 0 bridgehead atoms. The molecule has 0 aliphatic carbocycles. The van der Waals surface area contributed by atoms with Gasteiger partial charge in [-0.3, -0.25) is 0 Å². The third kappa shape index (κ3) is 4.02. The molecular formula is C9H16O6. The molecule has 88 valence electrons. The maximum atomic E-state index is 5.37. The van der Waals surface area contributed by atoms with E-state index in [1.54, 1.807) is 0 Å². The smallest absolute Gasteiger partial charge is 0.147 e. The van der Waals surface area contributed by atoms with Gasteiger partial charge in [0.25, 0.3) is 0 Å². The van der Waals surface area contributed by atoms with Gasteiger partial charge in [-0.1, -0.05) is 0 Å². The monoisotopic (exact) mass is 220 g/mol. The summed E-state index contributed by atoms with van der Waals surface area (Å²) < 4.78 is 31.0. The first kappa shape index (κ1) is 11.3. The first-order valence-electron chi connectivity index (χ1n) is 4.99. The molecule has 2 heterocycles. The average molecular weight is 220 g/mol. The van der Waals surface area contributed by atoms with E-state index in [4.69, 9.17) is 28.4 Å². The Morgan fingerprint density at radius 3 is 2.53 bits per heavy atom. The van der Waals surface area contributed by atoms with Gasteiger partial charge in [0.2, 0.25) is 0 Å². The Hall–Kier alpha value is -0.240. The molecule has 2 saturated heterocycles. The van der Waals surface area contributed by atoms with Gasteiger partial charge in [-0.25, -0.2) is 0 Å². The van der Waals surface area contributed by atoms with Crippen molar-refractivity contribution in [3.05, 3.63) is 0 Å². The van der Waals surface area contributed by atoms with Crippen LogP contribution in [0.3, 0.4) is 0 Å². The molecule has 15 heavy (non-hydrogen) atoms. The Kier molecular flexibility index (Phi) is 4.78. The minimum Gasteiger partial charge on any atom is -0.353 e. The second-order valence-corrected chi connectivity index (χ2v) is 3.41. The van der Waals surface area contributed by atoms with Crippen LogP contribution in [-0.4, -0.2) is 59.0 Å². The van der Waals surface area contributed by atoms with Crippen LogP contribution in [0.25, 0.3) is 0 Å². The SMILES string of the molecule is C1OCC(OCOCC2COCO2)CO1. The molecule has 6 nitrogen and oxygen atoms in total. The van der Waals surface area contributed by atoms with Crippen LogP contribution in [0.2, 0.25) is 0 Å². The van der Waals surface area contributed by atoms with E-state index in [1.165, 1.54) is 0 Å². The van der Waals surface area contributed by atoms with E-state index in [1.807, 2.05) is 0 Å². The van der Waals surface area contributed by atoms with E-state index in [-0.39, 0.29) is 19.0 Å². The van der Waals surface area contributed by atoms with Crippen molar-refractivity contribution in [2.75, 3.05) is 46.8 Å². The predicted molar refractivity (Wildman–Crippen MR) is 48.2 cm³/mol. The van der Waals surface area contributed by atoms with Crippen molar-refractivity contribution in [2.45, 2.75) is 12.2 Å². The van der Waals surface area contributed by atoms with Crippen molar-refractivity contribution in [3.8, 4) is 0 Å². The fraction of sp³-hybridized carbons (Fsp3) is 1.00. The van der Waals surface area contributed by atoms with Crippen molar-refractivity contribution < 1.29 is 28.4 Å². The third-order valence-electron chi connectivity index (χ3n) is 2.16. The average Bonchev–Trinajstić information content (AvgIpc) is 2.79. The lowest BCUT2D eigenvalue weighted by Crippen LogP contribution is -2.32. The molecular weight excluding hydrogens is 204 g/mol. The van der Waals surface area contributed by atoms with Crippen LogP contribution in [-0.2, 0) is 28.4 Å². The van der Waals surface area contributed by atoms with Crippen LogP contribution in [0.4, 0.5) is 0 Å². The number of rotatable bonds is 5. The largest absolute Gasteiger partial charge is 0.353 e. The Morgan fingerprint density at radius 1 is 1.00 bits per heavy atom. The lowest BCUT2D eigenvalue weighted by Gasteiger charge is -2.22. The molecule has 2 aliphatic rings. The molecule has 0 radical (unpaired) electrons. The minimum absolute atomic E-state index is 0.0282. The van der Waals surface area contributed by atoms with Crippen molar-refractivity contribution in [1.82, 2.24) is 0 Å². The molecule has 0 amide bonds. The maximum Gasteiger partial charge on any atom is 0.147 e. The highest BCUT2D eigenvalue weighted by atomic mass is 16.7. The number of hydrogen-bond donors (Lipinski definition) is 0. The fourth-order valence-corrected chi connectivity index (χ4v) is 1.35. The predicted octanol–water partition coefficient (Wildman–Crippen LogP) is -0.277. The molecule has 2 rings (SSSR count). The van der Waals surface area contributed by atoms with Gasteiger partial charge in [0.1, 0.15) is 32.6 Å². The standard InChI is InChI=1S/C9H16O6/c1-8(2-11-5-10-1)14-6-12-3-9-4-13-7-15-9/h8-9H,1-7H2. The van der Waals surface area contributed by atoms with Gasteiger partial charge >= 0.3 is 0 Å². The van der Waals surface area contributed by atoms with Crippen molar-refractivity contribution in [1.29, 1.82) is 0 Å². The highest BCUT2D eigenvalue weighted by Crippen LogP contribution is 2.04. The molecule has 0 N–H and O–H groups in total. The lowest BCUT2D eigenvalue weighted by molar-refractivity contribution is -0.197. The molecule has 0 spiro atoms. The Labute approximate surface area is 88.3 Å². The minimum atomic E-state index is -0.0282. The fourth-order valence-electron chi connectivity index (χ4n) is 1.35. The Balaban J connectivity index is 1.47. The molecule has 2 aliphatic heterocycles. The third-order valence-corrected chi connectivity index (χ3v) is 2.16. The topological polar surface area (TPSA) is 55.4 Å². The summed E-state index contributed by atoms with van der Waals surface area (Å²) in [7, 11) is 0. The van der Waals surface area contributed by atoms with Gasteiger partial charge in [-0.2, -0.15) is 0 Å². The van der Waals surface area contributed by atoms with Gasteiger partial charge in [-0.15, -0.1) is 0 Å². The quantitative estimate of drug-likeness (QED) is 0.469. The molecule has 0 aromatic rings. The van der Waals surface area contributed by atoms with Crippen LogP contribution in [0.5, 0.6) is 0 Å². The molecule has 2 fully saturated rings. The summed E-state index contributed by atoms with van der Waals surface area (Å²) in [5.74, 6) is 0. The summed E-state index contributed by atoms with van der Waals surface area (Å²) in [6, 6.07) is 0. The Bertz CT molecular complexity index is 164. The summed E-state index contributed by atoms with van der Waals surface area (Å²) in [6.45, 7) is 3.16. The summed E-state index contributed by atoms with van der Waals surface area (Å²) in [5.41, 5.74) is 0. The van der Waals surface area contributed by atoms with E-state index in [0.29, 0.717) is 40.0 Å². The summed E-state index contributed by atoms with van der Waals surface area (Å²) in [5, 5.41) is 0. The summed E-state index contributed by atoms with van der Waals surface area (Å²) >= 11 is 0. The molecule has 0 aromatic carbocycles. The molecule has 0 aromatic heterocycles. The van der Waals surface area contributed by atoms with E-state index in [0.717, 1.165) is 0 Å². The van der Waals surface area contributed by atoms with Crippen LogP contribution in [0.1, 0.15) is 0 Å². The molecule has 0 atom stereocenters. The van der Waals surface area contributed by atoms with Crippen LogP contribution in [0.15, 0.2) is 0 Å². The maximum absolute atomic E-state index is 5.37. The van der Waals surface area contributed by atoms with Crippen molar-refractivity contribution in [3.63, 3.8) is 0 Å². The highest BCUT2D eigenvalue weighted by molar-refractivity contribution is 4.58. The van der Waals surface area contributed by atoms with Crippen LogP contribution < -0.4 is 0 Å². The zero-order valence-corrected chi connectivity index (χ0v) is 8.55. The molecule has 6 heteroatoms. The lowest BCUT2D eigenvalue weighted by atomic mass is 10.4. The van der Waals surface area contributed by atoms with Gasteiger partial charge in [0, 0.05) is 0 Å². The number of hydrogen-bond acceptors (Lipinski definition) is 6. The zero-order chi connectivity index (χ0) is 10.3. The van der Waals surface area contributed by atoms with Crippen LogP contribution >= 0.6 is 0 Å². The second-order valence-electron chi connectivity index (χ2n) is 3.41. The van der Waals surface area contributed by atoms with Crippen molar-refractivity contribution in [2.24, 2.45) is 0 Å². The summed E-state index contributed by atoms with van der Waals surface area (Å²) in [4.78, 5) is 0. The highest BCUT2D eigenvalue weighted by Gasteiger charge is 2.17. The Morgan fingerprint density at radius 2 is 1.80 bits per heavy atom. The van der Waals surface area contributed by atoms with E-state index in [9.17, 15) is 0 Å². The van der Waals surface area contributed by atoms with Crippen molar-refractivity contribution >= 4 is 0 Å². The van der Waals surface area contributed by atoms with Gasteiger partial charge in [0.15, 0.2) is 0 Å². The number of ether oxygens (including phenoxy) is 6. The van der Waals surface area contributed by atoms with Gasteiger partial charge < -0.3 is 28.4 Å². The second kappa shape index (κ2) is 6.37. The van der Waals surface area contributed by atoms with E-state index in [2.05, 4.69) is 0 Å². The molecule has 0 unspecified atom stereocenters. The normalized spacial score (nSPS) is 28.4.